The minimum Gasteiger partial charge on any atom is -0.370 e. The van der Waals surface area contributed by atoms with E-state index in [1.807, 2.05) is 5.38 Å². The summed E-state index contributed by atoms with van der Waals surface area (Å²) in [5, 5.41) is 2.00. The van der Waals surface area contributed by atoms with E-state index in [4.69, 9.17) is 17.3 Å². The fraction of sp³-hybridized carbons (Fsp3) is 0.444. The van der Waals surface area contributed by atoms with Crippen molar-refractivity contribution in [2.24, 2.45) is 10.7 Å². The maximum absolute atomic E-state index is 6.09. The lowest BCUT2D eigenvalue weighted by atomic mass is 10.1. The Bertz CT molecular complexity index is 361. The molecule has 1 aliphatic rings. The van der Waals surface area contributed by atoms with Crippen LogP contribution in [-0.2, 0) is 0 Å². The number of aliphatic imine (C=N–C) groups is 1. The van der Waals surface area contributed by atoms with Crippen LogP contribution in [0.25, 0.3) is 0 Å². The first-order valence-corrected chi connectivity index (χ1v) is 5.79. The van der Waals surface area contributed by atoms with E-state index in [1.54, 1.807) is 11.3 Å². The Kier molecular flexibility index (Phi) is 2.65. The standard InChI is InChI=1S/C9H12ClN3S/c1-2-13-7(5-12-9(13)11)6-3-4-14-8(6)10/h3-4,7H,2,5H2,1H3,(H2,11,12). The van der Waals surface area contributed by atoms with Gasteiger partial charge >= 0.3 is 0 Å². The number of hydrogen-bond acceptors (Lipinski definition) is 4. The summed E-state index contributed by atoms with van der Waals surface area (Å²) >= 11 is 7.64. The Morgan fingerprint density at radius 1 is 1.79 bits per heavy atom. The molecule has 0 spiro atoms. The molecule has 0 saturated carbocycles. The number of guanidine groups is 1. The van der Waals surface area contributed by atoms with Crippen molar-refractivity contribution >= 4 is 28.9 Å². The maximum atomic E-state index is 6.09. The summed E-state index contributed by atoms with van der Waals surface area (Å²) in [5.74, 6) is 0.625. The Balaban J connectivity index is 2.26. The van der Waals surface area contributed by atoms with Crippen molar-refractivity contribution in [2.75, 3.05) is 13.1 Å². The summed E-state index contributed by atoms with van der Waals surface area (Å²) in [5.41, 5.74) is 6.91. The van der Waals surface area contributed by atoms with E-state index in [2.05, 4.69) is 22.9 Å². The Morgan fingerprint density at radius 2 is 2.57 bits per heavy atom. The zero-order valence-corrected chi connectivity index (χ0v) is 9.48. The SMILES string of the molecule is CCN1C(N)=NCC1c1ccsc1Cl. The second-order valence-corrected chi connectivity index (χ2v) is 4.67. The van der Waals surface area contributed by atoms with E-state index < -0.39 is 0 Å². The molecule has 0 bridgehead atoms. The summed E-state index contributed by atoms with van der Waals surface area (Å²) in [4.78, 5) is 6.31. The van der Waals surface area contributed by atoms with Gasteiger partial charge in [-0.25, -0.2) is 0 Å². The van der Waals surface area contributed by atoms with Gasteiger partial charge in [-0.2, -0.15) is 0 Å². The van der Waals surface area contributed by atoms with Gasteiger partial charge in [0.1, 0.15) is 0 Å². The minimum atomic E-state index is 0.235. The van der Waals surface area contributed by atoms with Crippen LogP contribution in [0.1, 0.15) is 18.5 Å². The second kappa shape index (κ2) is 3.79. The van der Waals surface area contributed by atoms with Crippen molar-refractivity contribution in [1.29, 1.82) is 0 Å². The molecule has 1 aromatic heterocycles. The van der Waals surface area contributed by atoms with Gasteiger partial charge in [-0.15, -0.1) is 11.3 Å². The summed E-state index contributed by atoms with van der Waals surface area (Å²) in [6.07, 6.45) is 0. The Hall–Kier alpha value is -0.740. The van der Waals surface area contributed by atoms with Gasteiger partial charge in [-0.3, -0.25) is 4.99 Å². The van der Waals surface area contributed by atoms with Crippen LogP contribution in [0, 0.1) is 0 Å². The highest BCUT2D eigenvalue weighted by atomic mass is 35.5. The highest BCUT2D eigenvalue weighted by Gasteiger charge is 2.27. The molecule has 2 rings (SSSR count). The number of nitrogens with two attached hydrogens (primary N) is 1. The molecule has 1 unspecified atom stereocenters. The molecule has 1 aliphatic heterocycles. The third-order valence-electron chi connectivity index (χ3n) is 2.44. The molecule has 3 nitrogen and oxygen atoms in total. The molecule has 0 saturated heterocycles. The minimum absolute atomic E-state index is 0.235. The lowest BCUT2D eigenvalue weighted by Gasteiger charge is -2.24. The van der Waals surface area contributed by atoms with Crippen molar-refractivity contribution < 1.29 is 0 Å². The molecule has 0 radical (unpaired) electrons. The van der Waals surface area contributed by atoms with Crippen LogP contribution >= 0.6 is 22.9 Å². The van der Waals surface area contributed by atoms with Crippen molar-refractivity contribution in [3.8, 4) is 0 Å². The highest BCUT2D eigenvalue weighted by Crippen LogP contribution is 2.33. The van der Waals surface area contributed by atoms with Gasteiger partial charge in [0, 0.05) is 12.1 Å². The summed E-state index contributed by atoms with van der Waals surface area (Å²) < 4.78 is 0.846. The summed E-state index contributed by atoms with van der Waals surface area (Å²) in [6.45, 7) is 3.66. The smallest absolute Gasteiger partial charge is 0.191 e. The molecule has 0 aromatic carbocycles. The van der Waals surface area contributed by atoms with E-state index in [0.29, 0.717) is 5.96 Å². The van der Waals surface area contributed by atoms with E-state index in [0.717, 1.165) is 23.0 Å². The lowest BCUT2D eigenvalue weighted by Crippen LogP contribution is -2.35. The third kappa shape index (κ3) is 1.48. The van der Waals surface area contributed by atoms with Gasteiger partial charge in [0.2, 0.25) is 0 Å². The molecule has 0 aliphatic carbocycles. The Labute approximate surface area is 92.2 Å². The number of nitrogens with zero attached hydrogens (tertiary/aromatic N) is 2. The predicted molar refractivity (Wildman–Crippen MR) is 60.9 cm³/mol. The molecule has 76 valence electrons. The van der Waals surface area contributed by atoms with Gasteiger partial charge in [0.15, 0.2) is 5.96 Å². The molecule has 1 aromatic rings. The Morgan fingerprint density at radius 3 is 3.14 bits per heavy atom. The van der Waals surface area contributed by atoms with Crippen LogP contribution in [-0.4, -0.2) is 23.9 Å². The average molecular weight is 230 g/mol. The molecular formula is C9H12ClN3S. The molecule has 1 atom stereocenters. The van der Waals surface area contributed by atoms with E-state index in [9.17, 15) is 0 Å². The highest BCUT2D eigenvalue weighted by molar-refractivity contribution is 7.14. The van der Waals surface area contributed by atoms with Gasteiger partial charge in [0.25, 0.3) is 0 Å². The van der Waals surface area contributed by atoms with Crippen molar-refractivity contribution in [2.45, 2.75) is 13.0 Å². The number of thiophene rings is 1. The number of likely N-dealkylation sites (N-methyl/N-ethyl adjacent to an activating group) is 1. The molecule has 0 amide bonds. The first-order valence-electron chi connectivity index (χ1n) is 4.53. The first kappa shape index (κ1) is 9.80. The van der Waals surface area contributed by atoms with Gasteiger partial charge in [-0.1, -0.05) is 11.6 Å². The fourth-order valence-corrected chi connectivity index (χ4v) is 2.74. The average Bonchev–Trinajstić information content (AvgIpc) is 2.71. The van der Waals surface area contributed by atoms with Crippen LogP contribution in [0.5, 0.6) is 0 Å². The van der Waals surface area contributed by atoms with Crippen molar-refractivity contribution in [1.82, 2.24) is 4.90 Å². The number of rotatable bonds is 2. The van der Waals surface area contributed by atoms with Gasteiger partial charge < -0.3 is 10.6 Å². The lowest BCUT2D eigenvalue weighted by molar-refractivity contribution is 0.365. The van der Waals surface area contributed by atoms with Crippen LogP contribution in [0.3, 0.4) is 0 Å². The summed E-state index contributed by atoms with van der Waals surface area (Å²) in [6, 6.07) is 2.28. The summed E-state index contributed by atoms with van der Waals surface area (Å²) in [7, 11) is 0. The van der Waals surface area contributed by atoms with Crippen LogP contribution < -0.4 is 5.73 Å². The van der Waals surface area contributed by atoms with Crippen LogP contribution in [0.4, 0.5) is 0 Å². The molecule has 2 heterocycles. The third-order valence-corrected chi connectivity index (χ3v) is 3.64. The molecule has 14 heavy (non-hydrogen) atoms. The maximum Gasteiger partial charge on any atom is 0.191 e. The van der Waals surface area contributed by atoms with Gasteiger partial charge in [-0.05, 0) is 18.4 Å². The first-order chi connectivity index (χ1) is 6.74. The van der Waals surface area contributed by atoms with Crippen LogP contribution in [0.2, 0.25) is 4.34 Å². The van der Waals surface area contributed by atoms with Crippen LogP contribution in [0.15, 0.2) is 16.4 Å². The number of hydrogen-bond donors (Lipinski definition) is 1. The topological polar surface area (TPSA) is 41.6 Å². The van der Waals surface area contributed by atoms with E-state index in [-0.39, 0.29) is 6.04 Å². The molecular weight excluding hydrogens is 218 g/mol. The largest absolute Gasteiger partial charge is 0.370 e. The zero-order chi connectivity index (χ0) is 10.1. The van der Waals surface area contributed by atoms with E-state index in [1.165, 1.54) is 0 Å². The predicted octanol–water partition coefficient (Wildman–Crippen LogP) is 2.09. The van der Waals surface area contributed by atoms with Crippen molar-refractivity contribution in [3.05, 3.63) is 21.3 Å². The zero-order valence-electron chi connectivity index (χ0n) is 7.90. The molecule has 0 fully saturated rings. The molecule has 2 N–H and O–H groups in total. The monoisotopic (exact) mass is 229 g/mol. The normalized spacial score (nSPS) is 21.4. The quantitative estimate of drug-likeness (QED) is 0.844. The fourth-order valence-electron chi connectivity index (χ4n) is 1.72. The van der Waals surface area contributed by atoms with Gasteiger partial charge in [0.05, 0.1) is 16.9 Å². The van der Waals surface area contributed by atoms with E-state index >= 15 is 0 Å². The van der Waals surface area contributed by atoms with Crippen molar-refractivity contribution in [3.63, 3.8) is 0 Å². The number of halogens is 1. The second-order valence-electron chi connectivity index (χ2n) is 3.15. The molecule has 5 heteroatoms.